The fourth-order valence-electron chi connectivity index (χ4n) is 3.51. The van der Waals surface area contributed by atoms with E-state index in [0.29, 0.717) is 18.2 Å². The number of nitrogens with zero attached hydrogens (tertiary/aromatic N) is 5. The van der Waals surface area contributed by atoms with Gasteiger partial charge in [-0.25, -0.2) is 19.0 Å². The second-order valence-corrected chi connectivity index (χ2v) is 6.61. The molecule has 6 nitrogen and oxygen atoms in total. The molecule has 0 aliphatic carbocycles. The standard InChI is InChI=1S/C19H17FN6/c1-11(15-4-3-7-21-15)18-23-19-14-8-13(20)5-6-16(14)25-10-22-12(2)17(25)9-26(19)24-18/h3-8,10-11,21H,9H2,1-2H3. The summed E-state index contributed by atoms with van der Waals surface area (Å²) in [6.07, 6.45) is 3.66. The van der Waals surface area contributed by atoms with Crippen LogP contribution in [0.5, 0.6) is 0 Å². The van der Waals surface area contributed by atoms with Crippen LogP contribution in [0.1, 0.15) is 35.7 Å². The number of aryl methyl sites for hydroxylation is 1. The quantitative estimate of drug-likeness (QED) is 0.532. The minimum atomic E-state index is -0.294. The number of halogens is 1. The third-order valence-corrected chi connectivity index (χ3v) is 5.00. The second kappa shape index (κ2) is 5.39. The van der Waals surface area contributed by atoms with Crippen molar-refractivity contribution < 1.29 is 4.39 Å². The van der Waals surface area contributed by atoms with Crippen LogP contribution in [-0.2, 0) is 6.54 Å². The molecule has 26 heavy (non-hydrogen) atoms. The summed E-state index contributed by atoms with van der Waals surface area (Å²) in [5, 5.41) is 4.74. The van der Waals surface area contributed by atoms with Crippen molar-refractivity contribution in [2.24, 2.45) is 0 Å². The van der Waals surface area contributed by atoms with Gasteiger partial charge in [-0.15, -0.1) is 0 Å². The number of hydrogen-bond donors (Lipinski definition) is 1. The molecule has 0 amide bonds. The molecule has 4 heterocycles. The fourth-order valence-corrected chi connectivity index (χ4v) is 3.51. The zero-order chi connectivity index (χ0) is 17.8. The normalized spacial score (nSPS) is 13.7. The third-order valence-electron chi connectivity index (χ3n) is 5.00. The Balaban J connectivity index is 1.73. The van der Waals surface area contributed by atoms with Gasteiger partial charge in [-0.1, -0.05) is 0 Å². The van der Waals surface area contributed by atoms with Crippen LogP contribution in [0.3, 0.4) is 0 Å². The summed E-state index contributed by atoms with van der Waals surface area (Å²) in [6.45, 7) is 4.57. The first-order valence-corrected chi connectivity index (χ1v) is 8.53. The smallest absolute Gasteiger partial charge is 0.161 e. The maximum absolute atomic E-state index is 14.0. The number of nitrogens with one attached hydrogen (secondary N) is 1. The van der Waals surface area contributed by atoms with Crippen LogP contribution in [-0.4, -0.2) is 29.3 Å². The van der Waals surface area contributed by atoms with Crippen LogP contribution in [0.25, 0.3) is 17.1 Å². The molecule has 1 aliphatic heterocycles. The van der Waals surface area contributed by atoms with Crippen LogP contribution in [0.2, 0.25) is 0 Å². The molecule has 1 aromatic carbocycles. The van der Waals surface area contributed by atoms with Crippen molar-refractivity contribution in [3.8, 4) is 17.1 Å². The number of hydrogen-bond acceptors (Lipinski definition) is 3. The van der Waals surface area contributed by atoms with Gasteiger partial charge in [-0.3, -0.25) is 0 Å². The van der Waals surface area contributed by atoms with Gasteiger partial charge >= 0.3 is 0 Å². The van der Waals surface area contributed by atoms with Crippen LogP contribution in [0.4, 0.5) is 4.39 Å². The van der Waals surface area contributed by atoms with Crippen molar-refractivity contribution in [2.45, 2.75) is 26.3 Å². The highest BCUT2D eigenvalue weighted by Crippen LogP contribution is 2.33. The SMILES string of the molecule is Cc1ncn2c1Cn1nc(C(C)c3ccc[nH]3)nc1-c1cc(F)ccc1-2. The third kappa shape index (κ3) is 2.13. The molecule has 0 fully saturated rings. The van der Waals surface area contributed by atoms with Gasteiger partial charge in [-0.05, 0) is 44.2 Å². The van der Waals surface area contributed by atoms with Gasteiger partial charge in [-0.2, -0.15) is 5.10 Å². The molecule has 1 unspecified atom stereocenters. The van der Waals surface area contributed by atoms with E-state index in [0.717, 1.165) is 28.3 Å². The van der Waals surface area contributed by atoms with E-state index in [1.165, 1.54) is 12.1 Å². The Morgan fingerprint density at radius 3 is 2.96 bits per heavy atom. The van der Waals surface area contributed by atoms with Crippen molar-refractivity contribution in [1.29, 1.82) is 0 Å². The Morgan fingerprint density at radius 2 is 2.15 bits per heavy atom. The Labute approximate surface area is 149 Å². The van der Waals surface area contributed by atoms with Crippen molar-refractivity contribution in [2.75, 3.05) is 0 Å². The van der Waals surface area contributed by atoms with Crippen molar-refractivity contribution in [3.63, 3.8) is 0 Å². The summed E-state index contributed by atoms with van der Waals surface area (Å²) in [6, 6.07) is 8.73. The first-order chi connectivity index (χ1) is 12.6. The molecule has 130 valence electrons. The molecule has 5 rings (SSSR count). The fraction of sp³-hybridized carbons (Fsp3) is 0.211. The number of rotatable bonds is 2. The molecule has 0 spiro atoms. The lowest BCUT2D eigenvalue weighted by atomic mass is 10.1. The maximum atomic E-state index is 14.0. The predicted molar refractivity (Wildman–Crippen MR) is 94.7 cm³/mol. The highest BCUT2D eigenvalue weighted by Gasteiger charge is 2.26. The number of benzene rings is 1. The summed E-state index contributed by atoms with van der Waals surface area (Å²) in [5.41, 5.74) is 4.60. The van der Waals surface area contributed by atoms with Gasteiger partial charge in [0.2, 0.25) is 0 Å². The summed E-state index contributed by atoms with van der Waals surface area (Å²) in [4.78, 5) is 12.4. The molecule has 0 saturated carbocycles. The molecule has 1 atom stereocenters. The number of H-pyrrole nitrogens is 1. The minimum Gasteiger partial charge on any atom is -0.364 e. The van der Waals surface area contributed by atoms with E-state index in [1.807, 2.05) is 34.5 Å². The molecule has 7 heteroatoms. The van der Waals surface area contributed by atoms with E-state index in [4.69, 9.17) is 10.1 Å². The minimum absolute atomic E-state index is 0.0208. The molecule has 3 aromatic heterocycles. The van der Waals surface area contributed by atoms with E-state index < -0.39 is 0 Å². The van der Waals surface area contributed by atoms with E-state index in [-0.39, 0.29) is 11.7 Å². The monoisotopic (exact) mass is 348 g/mol. The average Bonchev–Trinajstić information content (AvgIpc) is 3.35. The highest BCUT2D eigenvalue weighted by atomic mass is 19.1. The molecular weight excluding hydrogens is 331 g/mol. The zero-order valence-corrected chi connectivity index (χ0v) is 14.4. The van der Waals surface area contributed by atoms with Crippen LogP contribution >= 0.6 is 0 Å². The molecular formula is C19H17FN6. The van der Waals surface area contributed by atoms with E-state index in [2.05, 4.69) is 16.9 Å². The van der Waals surface area contributed by atoms with Gasteiger partial charge in [0.05, 0.1) is 35.9 Å². The predicted octanol–water partition coefficient (Wildman–Crippen LogP) is 3.42. The van der Waals surface area contributed by atoms with Crippen molar-refractivity contribution in [1.82, 2.24) is 29.3 Å². The largest absolute Gasteiger partial charge is 0.364 e. The summed E-state index contributed by atoms with van der Waals surface area (Å²) in [7, 11) is 0. The summed E-state index contributed by atoms with van der Waals surface area (Å²) >= 11 is 0. The molecule has 4 aromatic rings. The first kappa shape index (κ1) is 15.1. The van der Waals surface area contributed by atoms with Gasteiger partial charge < -0.3 is 9.55 Å². The number of aromatic nitrogens is 6. The second-order valence-electron chi connectivity index (χ2n) is 6.61. The lowest BCUT2D eigenvalue weighted by Crippen LogP contribution is -2.07. The Hall–Kier alpha value is -3.22. The number of imidazole rings is 1. The highest BCUT2D eigenvalue weighted by molar-refractivity contribution is 5.69. The van der Waals surface area contributed by atoms with E-state index >= 15 is 0 Å². The van der Waals surface area contributed by atoms with E-state index in [9.17, 15) is 4.39 Å². The summed E-state index contributed by atoms with van der Waals surface area (Å²) < 4.78 is 17.8. The molecule has 0 saturated heterocycles. The van der Waals surface area contributed by atoms with E-state index in [1.54, 1.807) is 12.4 Å². The first-order valence-electron chi connectivity index (χ1n) is 8.53. The Kier molecular flexibility index (Phi) is 3.12. The van der Waals surface area contributed by atoms with Crippen molar-refractivity contribution in [3.05, 3.63) is 71.6 Å². The van der Waals surface area contributed by atoms with Gasteiger partial charge in [0.25, 0.3) is 0 Å². The summed E-state index contributed by atoms with van der Waals surface area (Å²) in [5.74, 6) is 1.12. The zero-order valence-electron chi connectivity index (χ0n) is 14.4. The maximum Gasteiger partial charge on any atom is 0.161 e. The van der Waals surface area contributed by atoms with Crippen LogP contribution in [0, 0.1) is 12.7 Å². The van der Waals surface area contributed by atoms with Crippen molar-refractivity contribution >= 4 is 0 Å². The molecule has 0 bridgehead atoms. The van der Waals surface area contributed by atoms with Gasteiger partial charge in [0, 0.05) is 17.5 Å². The molecule has 1 aliphatic rings. The van der Waals surface area contributed by atoms with Gasteiger partial charge in [0.15, 0.2) is 11.6 Å². The average molecular weight is 348 g/mol. The van der Waals surface area contributed by atoms with Crippen LogP contribution in [0.15, 0.2) is 42.9 Å². The molecule has 1 N–H and O–H groups in total. The Bertz CT molecular complexity index is 1110. The van der Waals surface area contributed by atoms with Crippen LogP contribution < -0.4 is 0 Å². The lowest BCUT2D eigenvalue weighted by molar-refractivity contribution is 0.627. The number of fused-ring (bicyclic) bond motifs is 5. The Morgan fingerprint density at radius 1 is 1.27 bits per heavy atom. The number of aromatic amines is 1. The topological polar surface area (TPSA) is 64.3 Å². The van der Waals surface area contributed by atoms with Gasteiger partial charge in [0.1, 0.15) is 5.82 Å². The molecule has 0 radical (unpaired) electrons. The lowest BCUT2D eigenvalue weighted by Gasteiger charge is -2.09.